The molecule has 0 spiro atoms. The van der Waals surface area contributed by atoms with Crippen LogP contribution in [-0.4, -0.2) is 104 Å². The lowest BCUT2D eigenvalue weighted by Crippen LogP contribution is -2.67. The zero-order valence-corrected chi connectivity index (χ0v) is 38.8. The lowest BCUT2D eigenvalue weighted by molar-refractivity contribution is -0.160. The second-order valence-corrected chi connectivity index (χ2v) is 19.9. The Morgan fingerprint density at radius 2 is 1.88 bits per heavy atom. The van der Waals surface area contributed by atoms with Crippen molar-refractivity contribution in [2.75, 3.05) is 27.3 Å². The van der Waals surface area contributed by atoms with Crippen LogP contribution in [0.4, 0.5) is 0 Å². The molecule has 3 aliphatic heterocycles. The molecule has 15 heteroatoms. The van der Waals surface area contributed by atoms with Gasteiger partial charge in [0.25, 0.3) is 5.91 Å². The van der Waals surface area contributed by atoms with E-state index in [1.807, 2.05) is 44.4 Å². The summed E-state index contributed by atoms with van der Waals surface area (Å²) in [7, 11) is 3.22. The molecule has 2 aromatic heterocycles. The molecule has 340 valence electrons. The summed E-state index contributed by atoms with van der Waals surface area (Å²) in [5.74, 6) is -2.74. The highest BCUT2D eigenvalue weighted by atomic mass is 32.2. The minimum absolute atomic E-state index is 0.00908. The van der Waals surface area contributed by atoms with E-state index >= 15 is 0 Å². The number of aromatic hydroxyl groups is 1. The van der Waals surface area contributed by atoms with E-state index in [0.717, 1.165) is 49.4 Å². The number of nitrogens with zero attached hydrogens (tertiary/aromatic N) is 4. The number of phenolic OH excluding ortho intramolecular Hbond substituents is 1. The molecule has 2 fully saturated rings. The first-order valence-electron chi connectivity index (χ1n) is 22.3. The number of fused-ring (bicyclic) bond motifs is 6. The van der Waals surface area contributed by atoms with Crippen molar-refractivity contribution in [3.63, 3.8) is 0 Å². The van der Waals surface area contributed by atoms with E-state index < -0.39 is 52.8 Å². The van der Waals surface area contributed by atoms with Crippen LogP contribution < -0.4 is 10.7 Å². The maximum absolute atomic E-state index is 14.9. The molecule has 1 saturated carbocycles. The van der Waals surface area contributed by atoms with E-state index in [0.29, 0.717) is 37.8 Å². The van der Waals surface area contributed by atoms with Crippen molar-refractivity contribution in [1.82, 2.24) is 30.2 Å². The van der Waals surface area contributed by atoms with Crippen LogP contribution in [0.1, 0.15) is 83.7 Å². The van der Waals surface area contributed by atoms with Gasteiger partial charge in [0.05, 0.1) is 36.1 Å². The van der Waals surface area contributed by atoms with Crippen LogP contribution in [0.25, 0.3) is 33.3 Å². The summed E-state index contributed by atoms with van der Waals surface area (Å²) in [5, 5.41) is 28.7. The number of methoxy groups -OCH3 is 1. The number of aromatic nitrogens is 2. The number of rotatable bonds is 10. The fraction of sp³-hybridized carbons (Fsp3) is 0.490. The van der Waals surface area contributed by atoms with E-state index in [2.05, 4.69) is 54.3 Å². The SMILES string of the molecule is CCn1c(-c2cccnc2[C@H](C)OC)c2c3cc(ccc31)-c1cc(O)cc(c1)C[C@H](NC(=O)[C@H](C(C)C)N(C)C(=O)[C@@H]1C[C@@H]1O)C(=O)N1CCC[C@@](C3=CS3)(N1)C(=O)OCC(C)(C)C2. The number of thioether (sulfide) groups is 1. The van der Waals surface area contributed by atoms with Gasteiger partial charge in [0, 0.05) is 66.7 Å². The van der Waals surface area contributed by atoms with E-state index in [9.17, 15) is 29.4 Å². The van der Waals surface area contributed by atoms with Crippen molar-refractivity contribution in [1.29, 1.82) is 0 Å². The third-order valence-corrected chi connectivity index (χ3v) is 14.0. The number of benzene rings is 2. The van der Waals surface area contributed by atoms with Crippen molar-refractivity contribution in [2.45, 2.75) is 110 Å². The molecule has 4 N–H and O–H groups in total. The number of carbonyl (C=O) groups excluding carboxylic acids is 4. The van der Waals surface area contributed by atoms with E-state index in [4.69, 9.17) is 14.5 Å². The van der Waals surface area contributed by atoms with Crippen LogP contribution in [-0.2, 0) is 48.0 Å². The fourth-order valence-corrected chi connectivity index (χ4v) is 10.4. The van der Waals surface area contributed by atoms with Crippen LogP contribution >= 0.6 is 11.8 Å². The van der Waals surface area contributed by atoms with Crippen LogP contribution in [0.5, 0.6) is 5.75 Å². The molecule has 6 bridgehead atoms. The number of aliphatic hydroxyl groups excluding tert-OH is 1. The second-order valence-electron chi connectivity index (χ2n) is 18.9. The Balaban J connectivity index is 1.27. The molecule has 8 rings (SSSR count). The summed E-state index contributed by atoms with van der Waals surface area (Å²) < 4.78 is 14.4. The summed E-state index contributed by atoms with van der Waals surface area (Å²) >= 11 is 1.43. The Kier molecular flexibility index (Phi) is 12.5. The average molecular weight is 893 g/mol. The Bertz CT molecular complexity index is 2530. The number of carbonyl (C=O) groups is 4. The molecule has 5 heterocycles. The molecule has 2 aromatic carbocycles. The molecule has 0 radical (unpaired) electrons. The average Bonchev–Trinajstić information content (AvgIpc) is 4.22. The number of pyridine rings is 1. The van der Waals surface area contributed by atoms with Gasteiger partial charge in [0.2, 0.25) is 11.8 Å². The highest BCUT2D eigenvalue weighted by molar-refractivity contribution is 8.12. The predicted molar refractivity (Wildman–Crippen MR) is 245 cm³/mol. The molecule has 14 nitrogen and oxygen atoms in total. The Hall–Kier alpha value is -5.22. The number of cyclic esters (lactones) is 1. The van der Waals surface area contributed by atoms with E-state index in [1.54, 1.807) is 32.5 Å². The van der Waals surface area contributed by atoms with E-state index in [1.165, 1.54) is 21.7 Å². The van der Waals surface area contributed by atoms with Crippen LogP contribution in [0, 0.1) is 17.3 Å². The highest BCUT2D eigenvalue weighted by Crippen LogP contribution is 2.48. The first-order valence-corrected chi connectivity index (χ1v) is 23.2. The Labute approximate surface area is 378 Å². The zero-order chi connectivity index (χ0) is 45.8. The van der Waals surface area contributed by atoms with Gasteiger partial charge < -0.3 is 34.5 Å². The Morgan fingerprint density at radius 3 is 2.55 bits per heavy atom. The lowest BCUT2D eigenvalue weighted by Gasteiger charge is -2.42. The number of nitrogens with one attached hydrogen (secondary N) is 2. The molecular weight excluding hydrogens is 833 g/mol. The summed E-state index contributed by atoms with van der Waals surface area (Å²) in [6.07, 6.45) is 2.50. The number of aryl methyl sites for hydroxylation is 1. The molecule has 1 aliphatic carbocycles. The van der Waals surface area contributed by atoms with Crippen LogP contribution in [0.15, 0.2) is 65.0 Å². The molecule has 1 saturated heterocycles. The van der Waals surface area contributed by atoms with Crippen molar-refractivity contribution in [3.05, 3.63) is 81.9 Å². The van der Waals surface area contributed by atoms with Gasteiger partial charge >= 0.3 is 5.97 Å². The number of hydrogen-bond donors (Lipinski definition) is 4. The zero-order valence-electron chi connectivity index (χ0n) is 37.9. The minimum atomic E-state index is -1.32. The van der Waals surface area contributed by atoms with Crippen molar-refractivity contribution >= 4 is 46.4 Å². The van der Waals surface area contributed by atoms with Crippen molar-refractivity contribution in [3.8, 4) is 28.1 Å². The molecule has 3 amide bonds. The number of hydrogen-bond acceptors (Lipinski definition) is 11. The lowest BCUT2D eigenvalue weighted by atomic mass is 9.83. The number of aliphatic hydroxyl groups is 1. The number of esters is 1. The summed E-state index contributed by atoms with van der Waals surface area (Å²) in [4.78, 5) is 64.1. The van der Waals surface area contributed by atoms with Gasteiger partial charge in [-0.05, 0) is 110 Å². The fourth-order valence-electron chi connectivity index (χ4n) is 9.66. The number of phenols is 1. The van der Waals surface area contributed by atoms with Crippen molar-refractivity contribution in [2.24, 2.45) is 17.3 Å². The number of amides is 3. The standard InChI is InChI=1S/C49H60N6O8S/c1-9-54-38-14-13-30-22-34(38)36(43(54)33-12-10-16-50-41(33)28(4)62-8)24-48(5,6)26-63-47(61)49(40-25-64-40)15-11-17-55(52-49)46(60)37(20-29-18-31(30)21-32(56)19-29)51-44(58)42(27(2)3)53(7)45(59)35-23-39(35)57/h10,12-14,16,18-19,21-22,25,27-28,35,37,39,42,52,56-57H,9,11,15,17,20,23-24,26H2,1-8H3,(H,51,58)/t28-,35+,37-,39-,42-,49-/m0/s1. The predicted octanol–water partition coefficient (Wildman–Crippen LogP) is 6.27. The maximum atomic E-state index is 14.9. The molecular formula is C49H60N6O8S. The molecule has 64 heavy (non-hydrogen) atoms. The second kappa shape index (κ2) is 17.6. The Morgan fingerprint density at radius 1 is 1.12 bits per heavy atom. The summed E-state index contributed by atoms with van der Waals surface area (Å²) in [6, 6.07) is 13.4. The summed E-state index contributed by atoms with van der Waals surface area (Å²) in [6.45, 7) is 12.9. The van der Waals surface area contributed by atoms with Gasteiger partial charge in [-0.3, -0.25) is 24.4 Å². The highest BCUT2D eigenvalue weighted by Gasteiger charge is 2.52. The monoisotopic (exact) mass is 892 g/mol. The maximum Gasteiger partial charge on any atom is 0.333 e. The van der Waals surface area contributed by atoms with Gasteiger partial charge in [0.1, 0.15) is 17.8 Å². The van der Waals surface area contributed by atoms with Gasteiger partial charge in [0.15, 0.2) is 5.54 Å². The largest absolute Gasteiger partial charge is 0.508 e. The smallest absolute Gasteiger partial charge is 0.333 e. The van der Waals surface area contributed by atoms with E-state index in [-0.39, 0.29) is 43.3 Å². The van der Waals surface area contributed by atoms with Crippen LogP contribution in [0.3, 0.4) is 0 Å². The molecule has 6 atom stereocenters. The van der Waals surface area contributed by atoms with Gasteiger partial charge in [-0.1, -0.05) is 51.6 Å². The van der Waals surface area contributed by atoms with Crippen molar-refractivity contribution < 1.29 is 38.9 Å². The number of hydrazine groups is 1. The topological polar surface area (TPSA) is 176 Å². The third kappa shape index (κ3) is 8.67. The first kappa shape index (κ1) is 45.4. The molecule has 4 aliphatic rings. The molecule has 0 unspecified atom stereocenters. The molecule has 4 aromatic rings. The summed E-state index contributed by atoms with van der Waals surface area (Å²) in [5.41, 5.74) is 8.37. The third-order valence-electron chi connectivity index (χ3n) is 13.2. The van der Waals surface area contributed by atoms with Crippen LogP contribution in [0.2, 0.25) is 0 Å². The first-order chi connectivity index (χ1) is 30.5. The van der Waals surface area contributed by atoms with Gasteiger partial charge in [-0.25, -0.2) is 10.2 Å². The van der Waals surface area contributed by atoms with Gasteiger partial charge in [-0.2, -0.15) is 0 Å². The minimum Gasteiger partial charge on any atom is -0.508 e. The number of ether oxygens (including phenoxy) is 2. The van der Waals surface area contributed by atoms with Gasteiger partial charge in [-0.15, -0.1) is 0 Å². The number of likely N-dealkylation sites (N-methyl/N-ethyl adjacent to an activating group) is 1. The normalized spacial score (nSPS) is 24.1. The quantitative estimate of drug-likeness (QED) is 0.132.